The van der Waals surface area contributed by atoms with Crippen LogP contribution in [0.25, 0.3) is 0 Å². The lowest BCUT2D eigenvalue weighted by Gasteiger charge is -2.40. The fourth-order valence-electron chi connectivity index (χ4n) is 3.61. The Labute approximate surface area is 173 Å². The highest BCUT2D eigenvalue weighted by Crippen LogP contribution is 2.38. The summed E-state index contributed by atoms with van der Waals surface area (Å²) in [5.41, 5.74) is 7.65. The van der Waals surface area contributed by atoms with Gasteiger partial charge < -0.3 is 15.4 Å². The molecule has 8 nitrogen and oxygen atoms in total. The van der Waals surface area contributed by atoms with Gasteiger partial charge in [-0.1, -0.05) is 24.3 Å². The van der Waals surface area contributed by atoms with Crippen LogP contribution in [0.2, 0.25) is 0 Å². The van der Waals surface area contributed by atoms with E-state index in [1.807, 2.05) is 35.8 Å². The Morgan fingerprint density at radius 3 is 2.70 bits per heavy atom. The van der Waals surface area contributed by atoms with E-state index in [9.17, 15) is 14.7 Å². The molecule has 2 unspecified atom stereocenters. The Balaban J connectivity index is 1.80. The summed E-state index contributed by atoms with van der Waals surface area (Å²) in [6.07, 6.45) is 5.12. The minimum Gasteiger partial charge on any atom is -0.478 e. The number of benzene rings is 2. The van der Waals surface area contributed by atoms with E-state index in [4.69, 9.17) is 5.73 Å². The van der Waals surface area contributed by atoms with Crippen molar-refractivity contribution in [1.82, 2.24) is 9.55 Å². The first kappa shape index (κ1) is 19.5. The summed E-state index contributed by atoms with van der Waals surface area (Å²) < 4.78 is 1.85. The molecule has 0 fully saturated rings. The smallest absolute Gasteiger partial charge is 0.335 e. The number of carboxylic acids is 1. The van der Waals surface area contributed by atoms with Gasteiger partial charge in [-0.05, 0) is 38.1 Å². The first-order valence-corrected chi connectivity index (χ1v) is 9.43. The number of nitrogens with two attached hydrogens (primary N) is 1. The second-order valence-electron chi connectivity index (χ2n) is 7.39. The average molecular weight is 403 g/mol. The maximum Gasteiger partial charge on any atom is 0.335 e. The van der Waals surface area contributed by atoms with Gasteiger partial charge in [-0.3, -0.25) is 9.69 Å². The highest BCUT2D eigenvalue weighted by Gasteiger charge is 2.45. The number of anilines is 1. The third-order valence-electron chi connectivity index (χ3n) is 5.44. The molecule has 152 valence electrons. The van der Waals surface area contributed by atoms with Crippen molar-refractivity contribution in [3.8, 4) is 0 Å². The molecular weight excluding hydrogens is 382 g/mol. The van der Waals surface area contributed by atoms with E-state index < -0.39 is 11.6 Å². The fraction of sp³-hybridized carbons (Fsp3) is 0.182. The molecule has 3 aromatic rings. The number of hydrogen-bond donors (Lipinski definition) is 2. The van der Waals surface area contributed by atoms with Gasteiger partial charge in [0.25, 0.3) is 5.91 Å². The fourth-order valence-corrected chi connectivity index (χ4v) is 3.61. The molecule has 1 aromatic heterocycles. The zero-order valence-corrected chi connectivity index (χ0v) is 16.6. The number of imidazole rings is 1. The third kappa shape index (κ3) is 3.17. The Kier molecular flexibility index (Phi) is 4.71. The molecule has 3 N–H and O–H groups in total. The largest absolute Gasteiger partial charge is 0.478 e. The number of carboxylic acid groups (broad SMARTS) is 1. The molecule has 2 atom stereocenters. The number of nitrogens with zero attached hydrogens (tertiary/aromatic N) is 4. The van der Waals surface area contributed by atoms with E-state index in [0.29, 0.717) is 16.9 Å². The monoisotopic (exact) mass is 403 g/mol. The molecule has 8 heteroatoms. The molecule has 0 saturated carbocycles. The molecule has 0 radical (unpaired) electrons. The van der Waals surface area contributed by atoms with E-state index >= 15 is 0 Å². The van der Waals surface area contributed by atoms with Gasteiger partial charge in [0.2, 0.25) is 0 Å². The van der Waals surface area contributed by atoms with Crippen molar-refractivity contribution >= 4 is 29.0 Å². The molecule has 1 aliphatic heterocycles. The Morgan fingerprint density at radius 1 is 1.23 bits per heavy atom. The van der Waals surface area contributed by atoms with E-state index in [2.05, 4.69) is 9.98 Å². The van der Waals surface area contributed by atoms with Gasteiger partial charge in [0.15, 0.2) is 0 Å². The number of carbonyl (C=O) groups excluding carboxylic acids is 1. The third-order valence-corrected chi connectivity index (χ3v) is 5.44. The lowest BCUT2D eigenvalue weighted by atomic mass is 10.0. The SMILES string of the molecule is CC(n1ccnc1)C(C)(N)N1C(=O)C(=Nc2cccc(C(=O)O)c2)c2ccccc21. The molecule has 30 heavy (non-hydrogen) atoms. The topological polar surface area (TPSA) is 114 Å². The van der Waals surface area contributed by atoms with Crippen molar-refractivity contribution in [1.29, 1.82) is 0 Å². The van der Waals surface area contributed by atoms with Crippen LogP contribution in [0.15, 0.2) is 72.2 Å². The van der Waals surface area contributed by atoms with E-state index in [1.54, 1.807) is 42.7 Å². The molecule has 0 spiro atoms. The van der Waals surface area contributed by atoms with Crippen LogP contribution in [-0.2, 0) is 4.79 Å². The minimum atomic E-state index is -1.08. The maximum atomic E-state index is 13.5. The van der Waals surface area contributed by atoms with Crippen molar-refractivity contribution in [3.63, 3.8) is 0 Å². The molecule has 0 aliphatic carbocycles. The van der Waals surface area contributed by atoms with Gasteiger partial charge in [-0.25, -0.2) is 14.8 Å². The number of rotatable bonds is 5. The molecule has 2 aromatic carbocycles. The summed E-state index contributed by atoms with van der Waals surface area (Å²) in [6, 6.07) is 13.2. The van der Waals surface area contributed by atoms with Crippen LogP contribution in [0.1, 0.15) is 35.8 Å². The molecular formula is C22H21N5O3. The maximum absolute atomic E-state index is 13.5. The highest BCUT2D eigenvalue weighted by atomic mass is 16.4. The van der Waals surface area contributed by atoms with Crippen molar-refractivity contribution in [2.75, 3.05) is 4.90 Å². The summed E-state index contributed by atoms with van der Waals surface area (Å²) in [7, 11) is 0. The Bertz CT molecular complexity index is 1150. The van der Waals surface area contributed by atoms with Crippen LogP contribution in [0.3, 0.4) is 0 Å². The number of para-hydroxylation sites is 1. The second kappa shape index (κ2) is 7.23. The predicted octanol–water partition coefficient (Wildman–Crippen LogP) is 2.98. The number of carbonyl (C=O) groups is 2. The Hall–Kier alpha value is -3.78. The van der Waals surface area contributed by atoms with Crippen LogP contribution in [0, 0.1) is 0 Å². The highest BCUT2D eigenvalue weighted by molar-refractivity contribution is 6.55. The van der Waals surface area contributed by atoms with Crippen molar-refractivity contribution in [2.45, 2.75) is 25.6 Å². The normalized spacial score (nSPS) is 17.6. The number of fused-ring (bicyclic) bond motifs is 1. The number of aliphatic imine (C=N–C) groups is 1. The van der Waals surface area contributed by atoms with Gasteiger partial charge >= 0.3 is 5.97 Å². The molecule has 2 heterocycles. The van der Waals surface area contributed by atoms with Gasteiger partial charge in [0, 0.05) is 18.0 Å². The van der Waals surface area contributed by atoms with Crippen LogP contribution in [-0.4, -0.2) is 37.9 Å². The zero-order valence-electron chi connectivity index (χ0n) is 16.6. The van der Waals surface area contributed by atoms with Crippen LogP contribution in [0.5, 0.6) is 0 Å². The average Bonchev–Trinajstić information content (AvgIpc) is 3.35. The predicted molar refractivity (Wildman–Crippen MR) is 113 cm³/mol. The van der Waals surface area contributed by atoms with Crippen molar-refractivity contribution < 1.29 is 14.7 Å². The van der Waals surface area contributed by atoms with Gasteiger partial charge in [-0.15, -0.1) is 0 Å². The lowest BCUT2D eigenvalue weighted by Crippen LogP contribution is -2.60. The van der Waals surface area contributed by atoms with E-state index in [0.717, 1.165) is 0 Å². The standard InChI is InChI=1S/C22H21N5O3/c1-14(26-11-10-24-13-26)22(2,23)27-18-9-4-3-8-17(18)19(20(27)28)25-16-7-5-6-15(12-16)21(29)30/h3-14H,23H2,1-2H3,(H,29,30). The van der Waals surface area contributed by atoms with Gasteiger partial charge in [0.05, 0.1) is 29.3 Å². The molecule has 0 bridgehead atoms. The lowest BCUT2D eigenvalue weighted by molar-refractivity contribution is -0.113. The van der Waals surface area contributed by atoms with Crippen LogP contribution < -0.4 is 10.6 Å². The molecule has 4 rings (SSSR count). The summed E-state index contributed by atoms with van der Waals surface area (Å²) in [5.74, 6) is -1.39. The molecule has 1 aliphatic rings. The number of aromatic carboxylic acids is 1. The first-order valence-electron chi connectivity index (χ1n) is 9.43. The van der Waals surface area contributed by atoms with E-state index in [1.165, 1.54) is 12.1 Å². The van der Waals surface area contributed by atoms with Crippen molar-refractivity contribution in [3.05, 3.63) is 78.4 Å². The van der Waals surface area contributed by atoms with Gasteiger partial charge in [0.1, 0.15) is 11.4 Å². The summed E-state index contributed by atoms with van der Waals surface area (Å²) in [5, 5.41) is 9.23. The molecule has 0 saturated heterocycles. The number of hydrogen-bond acceptors (Lipinski definition) is 5. The zero-order chi connectivity index (χ0) is 21.5. The second-order valence-corrected chi connectivity index (χ2v) is 7.39. The quantitative estimate of drug-likeness (QED) is 0.680. The summed E-state index contributed by atoms with van der Waals surface area (Å²) in [4.78, 5) is 34.9. The minimum absolute atomic E-state index is 0.102. The summed E-state index contributed by atoms with van der Waals surface area (Å²) >= 11 is 0. The first-order chi connectivity index (χ1) is 14.3. The number of aromatic nitrogens is 2. The van der Waals surface area contributed by atoms with Gasteiger partial charge in [-0.2, -0.15) is 0 Å². The summed E-state index contributed by atoms with van der Waals surface area (Å²) in [6.45, 7) is 3.71. The Morgan fingerprint density at radius 2 is 2.00 bits per heavy atom. The number of amides is 1. The molecule has 1 amide bonds. The van der Waals surface area contributed by atoms with Crippen LogP contribution in [0.4, 0.5) is 11.4 Å². The van der Waals surface area contributed by atoms with Crippen molar-refractivity contribution in [2.24, 2.45) is 10.7 Å². The van der Waals surface area contributed by atoms with E-state index in [-0.39, 0.29) is 23.2 Å². The van der Waals surface area contributed by atoms with Crippen LogP contribution >= 0.6 is 0 Å².